The second-order valence-corrected chi connectivity index (χ2v) is 8.36. The normalized spacial score (nSPS) is 40.5. The molecule has 0 heterocycles. The molecule has 6 atom stereocenters. The highest BCUT2D eigenvalue weighted by Crippen LogP contribution is 2.62. The predicted molar refractivity (Wildman–Crippen MR) is 90.0 cm³/mol. The number of carboxylic acid groups (broad SMARTS) is 1. The Labute approximate surface area is 142 Å². The van der Waals surface area contributed by atoms with Crippen molar-refractivity contribution in [2.45, 2.75) is 63.4 Å². The monoisotopic (exact) mass is 330 g/mol. The topological polar surface area (TPSA) is 77.8 Å². The maximum absolute atomic E-state index is 11.4. The van der Waals surface area contributed by atoms with E-state index in [9.17, 15) is 20.1 Å². The Morgan fingerprint density at radius 3 is 2.79 bits per heavy atom. The highest BCUT2D eigenvalue weighted by Gasteiger charge is 2.55. The van der Waals surface area contributed by atoms with Crippen LogP contribution < -0.4 is 0 Å². The maximum Gasteiger partial charge on any atom is 0.303 e. The van der Waals surface area contributed by atoms with E-state index in [-0.39, 0.29) is 29.6 Å². The van der Waals surface area contributed by atoms with Crippen molar-refractivity contribution >= 4 is 5.97 Å². The van der Waals surface area contributed by atoms with Crippen LogP contribution in [0.25, 0.3) is 0 Å². The molecule has 0 saturated heterocycles. The second kappa shape index (κ2) is 5.48. The zero-order valence-corrected chi connectivity index (χ0v) is 14.1. The summed E-state index contributed by atoms with van der Waals surface area (Å²) in [6, 6.07) is 5.51. The van der Waals surface area contributed by atoms with Gasteiger partial charge < -0.3 is 15.3 Å². The minimum atomic E-state index is -0.780. The van der Waals surface area contributed by atoms with E-state index in [1.54, 1.807) is 12.1 Å². The highest BCUT2D eigenvalue weighted by atomic mass is 16.4. The molecular formula is C20H26O4. The number of phenolic OH excluding ortho intramolecular Hbond substituents is 1. The van der Waals surface area contributed by atoms with Crippen molar-refractivity contribution in [3.63, 3.8) is 0 Å². The Hall–Kier alpha value is -1.55. The third-order valence-electron chi connectivity index (χ3n) is 7.27. The van der Waals surface area contributed by atoms with Crippen LogP contribution in [0.2, 0.25) is 0 Å². The fraction of sp³-hybridized carbons (Fsp3) is 0.650. The van der Waals surface area contributed by atoms with Gasteiger partial charge in [-0.15, -0.1) is 0 Å². The van der Waals surface area contributed by atoms with E-state index in [0.29, 0.717) is 17.8 Å². The largest absolute Gasteiger partial charge is 0.508 e. The van der Waals surface area contributed by atoms with Crippen LogP contribution in [0.15, 0.2) is 18.2 Å². The minimum absolute atomic E-state index is 0.0106. The molecule has 0 amide bonds. The first-order valence-electron chi connectivity index (χ1n) is 9.13. The van der Waals surface area contributed by atoms with Crippen molar-refractivity contribution in [2.24, 2.45) is 17.3 Å². The molecule has 24 heavy (non-hydrogen) atoms. The molecule has 3 aliphatic carbocycles. The standard InChI is InChI=1S/C20H26O4/c1-20-7-6-14-13-3-2-12(21)10-15(13)11(9-19(23)24)8-16(14)17(20)4-5-18(20)22/h2-3,10-11,14,16-18,21-22H,4-9H2,1H3,(H,23,24)/t11-,14+,16+,17-,18-,20-/m0/s1. The Morgan fingerprint density at radius 1 is 1.25 bits per heavy atom. The molecule has 4 nitrogen and oxygen atoms in total. The number of benzene rings is 1. The summed E-state index contributed by atoms with van der Waals surface area (Å²) in [7, 11) is 0. The molecule has 130 valence electrons. The van der Waals surface area contributed by atoms with E-state index in [0.717, 1.165) is 37.7 Å². The molecule has 1 aromatic carbocycles. The predicted octanol–water partition coefficient (Wildman–Crippen LogP) is 3.63. The summed E-state index contributed by atoms with van der Waals surface area (Å²) in [5.41, 5.74) is 2.25. The number of fused-ring (bicyclic) bond motifs is 5. The van der Waals surface area contributed by atoms with Crippen LogP contribution in [0, 0.1) is 17.3 Å². The Kier molecular flexibility index (Phi) is 3.64. The van der Waals surface area contributed by atoms with Gasteiger partial charge in [-0.3, -0.25) is 4.79 Å². The van der Waals surface area contributed by atoms with Crippen molar-refractivity contribution in [3.8, 4) is 5.75 Å². The lowest BCUT2D eigenvalue weighted by Crippen LogP contribution is -2.44. The number of carbonyl (C=O) groups is 1. The number of aliphatic hydroxyl groups is 1. The van der Waals surface area contributed by atoms with Gasteiger partial charge in [0, 0.05) is 0 Å². The van der Waals surface area contributed by atoms with E-state index in [1.165, 1.54) is 5.56 Å². The molecule has 0 spiro atoms. The van der Waals surface area contributed by atoms with E-state index >= 15 is 0 Å². The van der Waals surface area contributed by atoms with Crippen LogP contribution in [0.4, 0.5) is 0 Å². The first kappa shape index (κ1) is 15.9. The molecule has 1 aromatic rings. The zero-order valence-electron chi connectivity index (χ0n) is 14.1. The van der Waals surface area contributed by atoms with Crippen LogP contribution in [-0.4, -0.2) is 27.4 Å². The third kappa shape index (κ3) is 2.26. The van der Waals surface area contributed by atoms with Gasteiger partial charge in [0.05, 0.1) is 12.5 Å². The van der Waals surface area contributed by atoms with Crippen molar-refractivity contribution in [3.05, 3.63) is 29.3 Å². The molecule has 4 rings (SSSR count). The quantitative estimate of drug-likeness (QED) is 0.774. The Bertz CT molecular complexity index is 670. The average molecular weight is 330 g/mol. The summed E-state index contributed by atoms with van der Waals surface area (Å²) in [6.45, 7) is 2.23. The molecule has 3 aliphatic rings. The molecule has 4 heteroatoms. The highest BCUT2D eigenvalue weighted by molar-refractivity contribution is 5.68. The first-order valence-corrected chi connectivity index (χ1v) is 9.13. The van der Waals surface area contributed by atoms with Crippen molar-refractivity contribution in [1.82, 2.24) is 0 Å². The van der Waals surface area contributed by atoms with Gasteiger partial charge in [-0.1, -0.05) is 13.0 Å². The van der Waals surface area contributed by atoms with Crippen LogP contribution in [0.3, 0.4) is 0 Å². The van der Waals surface area contributed by atoms with E-state index in [2.05, 4.69) is 6.92 Å². The van der Waals surface area contributed by atoms with Gasteiger partial charge in [-0.2, -0.15) is 0 Å². The van der Waals surface area contributed by atoms with Crippen molar-refractivity contribution < 1.29 is 20.1 Å². The number of carboxylic acids is 1. The van der Waals surface area contributed by atoms with Gasteiger partial charge in [0.2, 0.25) is 0 Å². The van der Waals surface area contributed by atoms with E-state index in [4.69, 9.17) is 0 Å². The number of aromatic hydroxyl groups is 1. The molecule has 2 fully saturated rings. The second-order valence-electron chi connectivity index (χ2n) is 8.36. The molecule has 0 bridgehead atoms. The SMILES string of the molecule is C[C@]12CC[C@@H]3c4ccc(O)cc4[C@H](CC(=O)O)C[C@H]3[C@@H]1CC[C@@H]2O. The maximum atomic E-state index is 11.4. The number of aliphatic hydroxyl groups excluding tert-OH is 1. The Morgan fingerprint density at radius 2 is 2.04 bits per heavy atom. The number of hydrogen-bond acceptors (Lipinski definition) is 3. The van der Waals surface area contributed by atoms with Crippen molar-refractivity contribution in [2.75, 3.05) is 0 Å². The first-order chi connectivity index (χ1) is 11.4. The number of aliphatic carboxylic acids is 1. The van der Waals surface area contributed by atoms with Gasteiger partial charge in [0.1, 0.15) is 5.75 Å². The minimum Gasteiger partial charge on any atom is -0.508 e. The summed E-state index contributed by atoms with van der Waals surface area (Å²) in [5.74, 6) is 0.768. The zero-order chi connectivity index (χ0) is 17.1. The van der Waals surface area contributed by atoms with Crippen molar-refractivity contribution in [1.29, 1.82) is 0 Å². The molecule has 0 unspecified atom stereocenters. The van der Waals surface area contributed by atoms with Crippen LogP contribution in [-0.2, 0) is 4.79 Å². The number of hydrogen-bond donors (Lipinski definition) is 3. The fourth-order valence-electron chi connectivity index (χ4n) is 6.09. The molecular weight excluding hydrogens is 304 g/mol. The van der Waals surface area contributed by atoms with Crippen LogP contribution in [0.5, 0.6) is 5.75 Å². The number of rotatable bonds is 2. The Balaban J connectivity index is 1.75. The lowest BCUT2D eigenvalue weighted by Gasteiger charge is -2.51. The van der Waals surface area contributed by atoms with Crippen LogP contribution in [0.1, 0.15) is 68.4 Å². The smallest absolute Gasteiger partial charge is 0.303 e. The fourth-order valence-corrected chi connectivity index (χ4v) is 6.09. The van der Waals surface area contributed by atoms with Gasteiger partial charge in [-0.05, 0) is 84.5 Å². The summed E-state index contributed by atoms with van der Waals surface area (Å²) in [4.78, 5) is 11.4. The molecule has 0 radical (unpaired) electrons. The van der Waals surface area contributed by atoms with E-state index < -0.39 is 5.97 Å². The summed E-state index contributed by atoms with van der Waals surface area (Å²) in [6.07, 6.45) is 4.76. The summed E-state index contributed by atoms with van der Waals surface area (Å²) >= 11 is 0. The molecule has 0 aromatic heterocycles. The molecule has 3 N–H and O–H groups in total. The van der Waals surface area contributed by atoms with E-state index in [1.807, 2.05) is 6.07 Å². The molecule has 0 aliphatic heterocycles. The third-order valence-corrected chi connectivity index (χ3v) is 7.27. The number of phenols is 1. The lowest BCUT2D eigenvalue weighted by atomic mass is 9.53. The van der Waals surface area contributed by atoms with Gasteiger partial charge in [0.25, 0.3) is 0 Å². The van der Waals surface area contributed by atoms with Gasteiger partial charge >= 0.3 is 5.97 Å². The summed E-state index contributed by atoms with van der Waals surface area (Å²) in [5, 5.41) is 29.7. The van der Waals surface area contributed by atoms with Gasteiger partial charge in [0.15, 0.2) is 0 Å². The lowest BCUT2D eigenvalue weighted by molar-refractivity contribution is -0.137. The van der Waals surface area contributed by atoms with Crippen LogP contribution >= 0.6 is 0 Å². The average Bonchev–Trinajstić information content (AvgIpc) is 2.83. The summed E-state index contributed by atoms with van der Waals surface area (Å²) < 4.78 is 0. The van der Waals surface area contributed by atoms with Gasteiger partial charge in [-0.25, -0.2) is 0 Å². The molecule has 2 saturated carbocycles.